The average Bonchev–Trinajstić information content (AvgIpc) is 3.29. The van der Waals surface area contributed by atoms with Gasteiger partial charge in [0, 0.05) is 5.41 Å². The molecule has 0 radical (unpaired) electrons. The van der Waals surface area contributed by atoms with Gasteiger partial charge >= 0.3 is 0 Å². The van der Waals surface area contributed by atoms with E-state index in [1.165, 1.54) is 18.2 Å². The summed E-state index contributed by atoms with van der Waals surface area (Å²) in [6.45, 7) is 2.08. The number of hydrogen-bond donors (Lipinski definition) is 2. The van der Waals surface area contributed by atoms with Crippen molar-refractivity contribution in [1.29, 1.82) is 0 Å². The molecule has 33 heavy (non-hydrogen) atoms. The maximum Gasteiger partial charge on any atom is 0.238 e. The van der Waals surface area contributed by atoms with E-state index in [0.29, 0.717) is 31.2 Å². The van der Waals surface area contributed by atoms with Gasteiger partial charge in [-0.2, -0.15) is 5.10 Å². The van der Waals surface area contributed by atoms with Crippen LogP contribution in [0.1, 0.15) is 43.0 Å². The van der Waals surface area contributed by atoms with Crippen molar-refractivity contribution in [1.82, 2.24) is 9.78 Å². The number of fused-ring (bicyclic) bond motifs is 2. The van der Waals surface area contributed by atoms with Gasteiger partial charge in [0.05, 0.1) is 28.1 Å². The maximum absolute atomic E-state index is 13.4. The molecule has 6 nitrogen and oxygen atoms in total. The van der Waals surface area contributed by atoms with Gasteiger partial charge in [-0.3, -0.25) is 0 Å². The second-order valence-electron chi connectivity index (χ2n) is 9.31. The van der Waals surface area contributed by atoms with Crippen LogP contribution in [0.25, 0.3) is 11.8 Å². The molecule has 2 atom stereocenters. The number of aromatic nitrogens is 2. The lowest BCUT2D eigenvalue weighted by molar-refractivity contribution is -0.0462. The van der Waals surface area contributed by atoms with Crippen molar-refractivity contribution in [2.75, 3.05) is 0 Å². The molecule has 8 heteroatoms. The predicted molar refractivity (Wildman–Crippen MR) is 124 cm³/mol. The van der Waals surface area contributed by atoms with Crippen LogP contribution in [-0.4, -0.2) is 28.9 Å². The van der Waals surface area contributed by atoms with Crippen LogP contribution in [0.4, 0.5) is 4.39 Å². The molecule has 2 aliphatic carbocycles. The van der Waals surface area contributed by atoms with Gasteiger partial charge in [-0.15, -0.1) is 0 Å². The maximum atomic E-state index is 13.4. The second kappa shape index (κ2) is 7.62. The zero-order valence-electron chi connectivity index (χ0n) is 18.3. The van der Waals surface area contributed by atoms with Crippen molar-refractivity contribution in [3.05, 3.63) is 82.9 Å². The lowest BCUT2D eigenvalue weighted by atomic mass is 9.65. The summed E-state index contributed by atoms with van der Waals surface area (Å²) in [7, 11) is -3.83. The fraction of sp³-hybridized carbons (Fsp3) is 0.320. The monoisotopic (exact) mass is 467 g/mol. The molecule has 0 unspecified atom stereocenters. The van der Waals surface area contributed by atoms with Crippen LogP contribution in [0.15, 0.2) is 65.2 Å². The van der Waals surface area contributed by atoms with E-state index in [4.69, 9.17) is 5.14 Å². The molecule has 172 valence electrons. The first-order valence-electron chi connectivity index (χ1n) is 11.0. The van der Waals surface area contributed by atoms with Gasteiger partial charge in [0.15, 0.2) is 0 Å². The van der Waals surface area contributed by atoms with Crippen LogP contribution < -0.4 is 5.14 Å². The van der Waals surface area contributed by atoms with Gasteiger partial charge in [-0.1, -0.05) is 30.7 Å². The summed E-state index contributed by atoms with van der Waals surface area (Å²) < 4.78 is 39.1. The standard InChI is InChI=1S/C25H26FN3O3S/c1-24-15-18-16-28-29(21-8-6-20(26)7-9-21)22(18)14-19(24)11-13-25(24,30)12-10-17-4-2-3-5-23(17)33(27,31)32/h2-9,14,16,30H,10-13,15H2,1H3,(H2,27,31,32)/t24-,25-/m0/s1. The van der Waals surface area contributed by atoms with Gasteiger partial charge in [0.1, 0.15) is 5.82 Å². The number of nitrogens with two attached hydrogens (primary N) is 1. The van der Waals surface area contributed by atoms with Crippen LogP contribution in [0.5, 0.6) is 0 Å². The van der Waals surface area contributed by atoms with Crippen LogP contribution in [0, 0.1) is 11.2 Å². The molecule has 3 aromatic rings. The van der Waals surface area contributed by atoms with E-state index in [-0.39, 0.29) is 10.7 Å². The molecule has 0 aliphatic heterocycles. The Bertz CT molecular complexity index is 1360. The third kappa shape index (κ3) is 3.62. The molecular formula is C25H26FN3O3S. The molecule has 0 spiro atoms. The van der Waals surface area contributed by atoms with E-state index in [1.807, 2.05) is 6.20 Å². The number of hydrogen-bond acceptors (Lipinski definition) is 4. The Morgan fingerprint density at radius 2 is 1.91 bits per heavy atom. The van der Waals surface area contributed by atoms with Crippen LogP contribution in [0.2, 0.25) is 0 Å². The molecule has 5 rings (SSSR count). The van der Waals surface area contributed by atoms with Gasteiger partial charge in [0.25, 0.3) is 0 Å². The molecule has 0 saturated heterocycles. The Morgan fingerprint density at radius 3 is 2.64 bits per heavy atom. The van der Waals surface area contributed by atoms with E-state index in [9.17, 15) is 17.9 Å². The van der Waals surface area contributed by atoms with Gasteiger partial charge < -0.3 is 5.11 Å². The Labute approximate surface area is 192 Å². The van der Waals surface area contributed by atoms with E-state index in [2.05, 4.69) is 18.1 Å². The Hall–Kier alpha value is -2.81. The van der Waals surface area contributed by atoms with Crippen molar-refractivity contribution in [2.45, 2.75) is 49.5 Å². The van der Waals surface area contributed by atoms with E-state index >= 15 is 0 Å². The molecule has 1 saturated carbocycles. The molecule has 2 aliphatic rings. The fourth-order valence-corrected chi connectivity index (χ4v) is 6.25. The summed E-state index contributed by atoms with van der Waals surface area (Å²) in [6.07, 6.45) is 6.72. The predicted octanol–water partition coefficient (Wildman–Crippen LogP) is 3.76. The van der Waals surface area contributed by atoms with Crippen LogP contribution in [0.3, 0.4) is 0 Å². The minimum absolute atomic E-state index is 0.110. The lowest BCUT2D eigenvalue weighted by Crippen LogP contribution is -2.45. The number of sulfonamides is 1. The zero-order chi connectivity index (χ0) is 23.4. The highest BCUT2D eigenvalue weighted by Gasteiger charge is 2.54. The van der Waals surface area contributed by atoms with Crippen molar-refractivity contribution in [2.24, 2.45) is 10.6 Å². The third-order valence-corrected chi connectivity index (χ3v) is 8.45. The fourth-order valence-electron chi connectivity index (χ4n) is 5.45. The number of aliphatic hydroxyl groups is 1. The molecular weight excluding hydrogens is 441 g/mol. The second-order valence-corrected chi connectivity index (χ2v) is 10.8. The number of aryl methyl sites for hydroxylation is 1. The molecule has 3 N–H and O–H groups in total. The summed E-state index contributed by atoms with van der Waals surface area (Å²) >= 11 is 0. The first kappa shape index (κ1) is 22.0. The highest BCUT2D eigenvalue weighted by atomic mass is 32.2. The topological polar surface area (TPSA) is 98.2 Å². The molecule has 2 aromatic carbocycles. The third-order valence-electron chi connectivity index (χ3n) is 7.44. The minimum atomic E-state index is -3.83. The number of halogens is 1. The van der Waals surface area contributed by atoms with E-state index in [1.54, 1.807) is 35.0 Å². The van der Waals surface area contributed by atoms with Gasteiger partial charge in [-0.05, 0) is 79.6 Å². The lowest BCUT2D eigenvalue weighted by Gasteiger charge is -2.42. The van der Waals surface area contributed by atoms with Crippen molar-refractivity contribution in [3.63, 3.8) is 0 Å². The number of nitrogens with zero attached hydrogens (tertiary/aromatic N) is 2. The van der Waals surface area contributed by atoms with E-state index < -0.39 is 21.0 Å². The van der Waals surface area contributed by atoms with E-state index in [0.717, 1.165) is 28.9 Å². The quantitative estimate of drug-likeness (QED) is 0.597. The molecule has 0 bridgehead atoms. The Balaban J connectivity index is 1.44. The zero-order valence-corrected chi connectivity index (χ0v) is 19.1. The highest BCUT2D eigenvalue weighted by Crippen LogP contribution is 2.56. The smallest absolute Gasteiger partial charge is 0.238 e. The van der Waals surface area contributed by atoms with Crippen molar-refractivity contribution >= 4 is 16.1 Å². The summed E-state index contributed by atoms with van der Waals surface area (Å²) in [4.78, 5) is 0.110. The molecule has 1 heterocycles. The SMILES string of the molecule is C[C@]12Cc3cnn(-c4ccc(F)cc4)c3C=C1CC[C@@]2(O)CCc1ccccc1S(N)(=O)=O. The van der Waals surface area contributed by atoms with Gasteiger partial charge in [0.2, 0.25) is 10.0 Å². The molecule has 0 amide bonds. The van der Waals surface area contributed by atoms with Crippen LogP contribution in [-0.2, 0) is 22.9 Å². The normalized spacial score (nSPS) is 24.3. The largest absolute Gasteiger partial charge is 0.389 e. The van der Waals surface area contributed by atoms with Crippen molar-refractivity contribution in [3.8, 4) is 5.69 Å². The summed E-state index contributed by atoms with van der Waals surface area (Å²) in [5.74, 6) is -0.296. The molecule has 1 aromatic heterocycles. The summed E-state index contributed by atoms with van der Waals surface area (Å²) in [5, 5.41) is 21.7. The Morgan fingerprint density at radius 1 is 1.18 bits per heavy atom. The first-order valence-corrected chi connectivity index (χ1v) is 12.5. The Kier molecular flexibility index (Phi) is 5.08. The van der Waals surface area contributed by atoms with Crippen LogP contribution >= 0.6 is 0 Å². The first-order chi connectivity index (χ1) is 15.6. The highest BCUT2D eigenvalue weighted by molar-refractivity contribution is 7.89. The number of benzene rings is 2. The number of rotatable bonds is 5. The van der Waals surface area contributed by atoms with Gasteiger partial charge in [-0.25, -0.2) is 22.6 Å². The minimum Gasteiger partial charge on any atom is -0.389 e. The average molecular weight is 468 g/mol. The van der Waals surface area contributed by atoms with Crippen molar-refractivity contribution < 1.29 is 17.9 Å². The summed E-state index contributed by atoms with van der Waals surface area (Å²) in [5.41, 5.74) is 3.07. The number of primary sulfonamides is 1. The summed E-state index contributed by atoms with van der Waals surface area (Å²) in [6, 6.07) is 12.9. The molecule has 1 fully saturated rings.